The van der Waals surface area contributed by atoms with E-state index in [0.29, 0.717) is 18.0 Å². The van der Waals surface area contributed by atoms with E-state index in [-0.39, 0.29) is 23.3 Å². The molecular formula is C17H19N3O3S. The van der Waals surface area contributed by atoms with Gasteiger partial charge in [0.2, 0.25) is 5.91 Å². The third-order valence-corrected chi connectivity index (χ3v) is 4.97. The van der Waals surface area contributed by atoms with Crippen LogP contribution in [-0.2, 0) is 27.8 Å². The highest BCUT2D eigenvalue weighted by Gasteiger charge is 2.39. The summed E-state index contributed by atoms with van der Waals surface area (Å²) in [5.41, 5.74) is 0.886. The number of thioether (sulfide) groups is 1. The second-order valence-corrected chi connectivity index (χ2v) is 6.37. The zero-order valence-corrected chi connectivity index (χ0v) is 14.5. The van der Waals surface area contributed by atoms with Crippen LogP contribution in [0.2, 0.25) is 0 Å². The largest absolute Gasteiger partial charge is 0.457 e. The van der Waals surface area contributed by atoms with Crippen LogP contribution in [0.5, 0.6) is 0 Å². The van der Waals surface area contributed by atoms with E-state index in [1.807, 2.05) is 42.9 Å². The van der Waals surface area contributed by atoms with Crippen molar-refractivity contribution in [3.63, 3.8) is 0 Å². The van der Waals surface area contributed by atoms with Crippen molar-refractivity contribution in [2.24, 2.45) is 7.05 Å². The number of amides is 1. The number of hydrogen-bond acceptors (Lipinski definition) is 5. The number of nitriles is 1. The third-order valence-electron chi connectivity index (χ3n) is 3.66. The van der Waals surface area contributed by atoms with E-state index < -0.39 is 5.97 Å². The molecule has 7 heteroatoms. The maximum absolute atomic E-state index is 12.6. The minimum absolute atomic E-state index is 0.0226. The van der Waals surface area contributed by atoms with Crippen molar-refractivity contribution >= 4 is 23.6 Å². The highest BCUT2D eigenvalue weighted by molar-refractivity contribution is 8.04. The number of aromatic nitrogens is 1. The van der Waals surface area contributed by atoms with Crippen LogP contribution in [0, 0.1) is 11.3 Å². The summed E-state index contributed by atoms with van der Waals surface area (Å²) in [5.74, 6) is -0.825. The third kappa shape index (κ3) is 3.54. The van der Waals surface area contributed by atoms with Crippen molar-refractivity contribution in [2.75, 3.05) is 13.2 Å². The van der Waals surface area contributed by atoms with Gasteiger partial charge in [0, 0.05) is 31.9 Å². The number of hydrogen-bond donors (Lipinski definition) is 0. The fourth-order valence-electron chi connectivity index (χ4n) is 2.43. The molecule has 1 atom stereocenters. The first-order valence-corrected chi connectivity index (χ1v) is 8.42. The Kier molecular flexibility index (Phi) is 5.88. The molecule has 0 radical (unpaired) electrons. The van der Waals surface area contributed by atoms with Gasteiger partial charge in [0.1, 0.15) is 17.7 Å². The first-order valence-electron chi connectivity index (χ1n) is 7.54. The minimum atomic E-state index is -0.731. The minimum Gasteiger partial charge on any atom is -0.457 e. The fourth-order valence-corrected chi connectivity index (χ4v) is 3.78. The summed E-state index contributed by atoms with van der Waals surface area (Å²) in [6, 6.07) is 5.75. The van der Waals surface area contributed by atoms with Gasteiger partial charge >= 0.3 is 5.97 Å². The van der Waals surface area contributed by atoms with Gasteiger partial charge in [0.25, 0.3) is 0 Å². The second-order valence-electron chi connectivity index (χ2n) is 5.18. The maximum atomic E-state index is 12.6. The first kappa shape index (κ1) is 17.9. The predicted molar refractivity (Wildman–Crippen MR) is 91.7 cm³/mol. The summed E-state index contributed by atoms with van der Waals surface area (Å²) in [6.45, 7) is 5.70. The van der Waals surface area contributed by atoms with E-state index in [9.17, 15) is 14.9 Å². The molecule has 1 aromatic heterocycles. The molecule has 1 aliphatic heterocycles. The molecule has 6 nitrogen and oxygen atoms in total. The normalized spacial score (nSPS) is 19.1. The SMILES string of the molecule is C=CCOC(=O)/C(C#N)=C1\SC(Cc2cccn2C)C(=O)N1CC. The number of carbonyl (C=O) groups is 2. The highest BCUT2D eigenvalue weighted by atomic mass is 32.2. The lowest BCUT2D eigenvalue weighted by Crippen LogP contribution is -2.30. The zero-order valence-electron chi connectivity index (χ0n) is 13.7. The smallest absolute Gasteiger partial charge is 0.351 e. The lowest BCUT2D eigenvalue weighted by atomic mass is 10.2. The van der Waals surface area contributed by atoms with Gasteiger partial charge in [-0.25, -0.2) is 4.79 Å². The topological polar surface area (TPSA) is 75.3 Å². The van der Waals surface area contributed by atoms with Gasteiger partial charge < -0.3 is 14.2 Å². The summed E-state index contributed by atoms with van der Waals surface area (Å²) >= 11 is 1.25. The monoisotopic (exact) mass is 345 g/mol. The average molecular weight is 345 g/mol. The fraction of sp³-hybridized carbons (Fsp3) is 0.353. The van der Waals surface area contributed by atoms with Crippen LogP contribution in [0.3, 0.4) is 0 Å². The highest BCUT2D eigenvalue weighted by Crippen LogP contribution is 2.38. The Hall–Kier alpha value is -2.46. The van der Waals surface area contributed by atoms with Crippen LogP contribution >= 0.6 is 11.8 Å². The Morgan fingerprint density at radius 2 is 2.33 bits per heavy atom. The first-order chi connectivity index (χ1) is 11.5. The van der Waals surface area contributed by atoms with Gasteiger partial charge in [-0.2, -0.15) is 5.26 Å². The summed E-state index contributed by atoms with van der Waals surface area (Å²) in [7, 11) is 1.92. The number of esters is 1. The Morgan fingerprint density at radius 3 is 2.88 bits per heavy atom. The standard InChI is InChI=1S/C17H19N3O3S/c1-4-9-23-17(22)13(11-18)16-20(5-2)15(21)14(24-16)10-12-7-6-8-19(12)3/h4,6-8,14H,1,5,9-10H2,2-3H3/b16-13-. The van der Waals surface area contributed by atoms with Crippen molar-refractivity contribution in [3.05, 3.63) is 47.3 Å². The van der Waals surface area contributed by atoms with E-state index in [2.05, 4.69) is 6.58 Å². The summed E-state index contributed by atoms with van der Waals surface area (Å²) in [6.07, 6.45) is 3.88. The summed E-state index contributed by atoms with van der Waals surface area (Å²) < 4.78 is 6.91. The molecule has 0 spiro atoms. The molecule has 1 saturated heterocycles. The van der Waals surface area contributed by atoms with Crippen molar-refractivity contribution in [1.29, 1.82) is 5.26 Å². The number of nitrogens with zero attached hydrogens (tertiary/aromatic N) is 3. The van der Waals surface area contributed by atoms with Crippen molar-refractivity contribution in [2.45, 2.75) is 18.6 Å². The summed E-state index contributed by atoms with van der Waals surface area (Å²) in [5, 5.41) is 9.37. The van der Waals surface area contributed by atoms with E-state index in [1.54, 1.807) is 0 Å². The van der Waals surface area contributed by atoms with Crippen LogP contribution in [0.1, 0.15) is 12.6 Å². The van der Waals surface area contributed by atoms with E-state index >= 15 is 0 Å². The molecule has 1 aromatic rings. The van der Waals surface area contributed by atoms with E-state index in [0.717, 1.165) is 5.69 Å². The molecule has 1 amide bonds. The average Bonchev–Trinajstić information content (AvgIpc) is 3.10. The Labute approximate surface area is 145 Å². The van der Waals surface area contributed by atoms with Crippen molar-refractivity contribution < 1.29 is 14.3 Å². The van der Waals surface area contributed by atoms with Gasteiger partial charge in [-0.05, 0) is 19.1 Å². The van der Waals surface area contributed by atoms with Gasteiger partial charge in [-0.1, -0.05) is 24.4 Å². The van der Waals surface area contributed by atoms with Crippen LogP contribution in [0.25, 0.3) is 0 Å². The van der Waals surface area contributed by atoms with Gasteiger partial charge in [0.05, 0.1) is 5.25 Å². The quantitative estimate of drug-likeness (QED) is 0.341. The molecular weight excluding hydrogens is 326 g/mol. The Balaban J connectivity index is 2.29. The molecule has 0 saturated carbocycles. The van der Waals surface area contributed by atoms with Crippen LogP contribution < -0.4 is 0 Å². The van der Waals surface area contributed by atoms with Gasteiger partial charge in [-0.15, -0.1) is 0 Å². The predicted octanol–water partition coefficient (Wildman–Crippen LogP) is 2.00. The lowest BCUT2D eigenvalue weighted by Gasteiger charge is -2.15. The molecule has 2 rings (SSSR count). The Bertz CT molecular complexity index is 730. The molecule has 24 heavy (non-hydrogen) atoms. The molecule has 0 bridgehead atoms. The number of ether oxygens (including phenoxy) is 1. The van der Waals surface area contributed by atoms with Gasteiger partial charge in [-0.3, -0.25) is 4.79 Å². The van der Waals surface area contributed by atoms with E-state index in [1.165, 1.54) is 22.7 Å². The number of rotatable bonds is 6. The van der Waals surface area contributed by atoms with Crippen molar-refractivity contribution in [1.82, 2.24) is 9.47 Å². The molecule has 0 aromatic carbocycles. The molecule has 1 aliphatic rings. The molecule has 1 unspecified atom stereocenters. The molecule has 0 aliphatic carbocycles. The number of carbonyl (C=O) groups excluding carboxylic acids is 2. The lowest BCUT2D eigenvalue weighted by molar-refractivity contribution is -0.137. The maximum Gasteiger partial charge on any atom is 0.351 e. The van der Waals surface area contributed by atoms with Crippen LogP contribution in [0.15, 0.2) is 41.6 Å². The van der Waals surface area contributed by atoms with Crippen LogP contribution in [-0.4, -0.2) is 39.7 Å². The molecule has 0 N–H and O–H groups in total. The Morgan fingerprint density at radius 1 is 1.58 bits per heavy atom. The van der Waals surface area contributed by atoms with Crippen molar-refractivity contribution in [3.8, 4) is 6.07 Å². The second kappa shape index (κ2) is 7.88. The zero-order chi connectivity index (χ0) is 17.7. The molecule has 1 fully saturated rings. The van der Waals surface area contributed by atoms with E-state index in [4.69, 9.17) is 4.74 Å². The van der Waals surface area contributed by atoms with Gasteiger partial charge in [0.15, 0.2) is 5.57 Å². The summed E-state index contributed by atoms with van der Waals surface area (Å²) in [4.78, 5) is 26.2. The van der Waals surface area contributed by atoms with Crippen LogP contribution in [0.4, 0.5) is 0 Å². The number of aryl methyl sites for hydroxylation is 1. The molecule has 2 heterocycles. The molecule has 126 valence electrons.